The van der Waals surface area contributed by atoms with Gasteiger partial charge in [-0.25, -0.2) is 0 Å². The first-order chi connectivity index (χ1) is 16.0. The molecule has 0 fully saturated rings. The molecule has 0 saturated carbocycles. The summed E-state index contributed by atoms with van der Waals surface area (Å²) >= 11 is 6.13. The SMILES string of the molecule is Cc1ccc(NC(=O)/C(C#N)=C\c2ccccc2OCc2ccc3ccccc3c2)cc1Cl. The number of anilines is 1. The molecule has 4 aromatic carbocycles. The number of hydrogen-bond donors (Lipinski definition) is 1. The zero-order valence-corrected chi connectivity index (χ0v) is 18.8. The van der Waals surface area contributed by atoms with Crippen LogP contribution in [0, 0.1) is 18.3 Å². The highest BCUT2D eigenvalue weighted by molar-refractivity contribution is 6.31. The molecule has 162 valence electrons. The van der Waals surface area contributed by atoms with E-state index >= 15 is 0 Å². The minimum atomic E-state index is -0.512. The molecule has 0 radical (unpaired) electrons. The quantitative estimate of drug-likeness (QED) is 0.255. The summed E-state index contributed by atoms with van der Waals surface area (Å²) in [5.74, 6) is 0.0753. The summed E-state index contributed by atoms with van der Waals surface area (Å²) in [4.78, 5) is 12.7. The first-order valence-electron chi connectivity index (χ1n) is 10.4. The molecule has 0 unspecified atom stereocenters. The van der Waals surface area contributed by atoms with Gasteiger partial charge in [0.05, 0.1) is 0 Å². The Balaban J connectivity index is 1.52. The van der Waals surface area contributed by atoms with Crippen molar-refractivity contribution in [3.8, 4) is 11.8 Å². The number of amides is 1. The van der Waals surface area contributed by atoms with E-state index in [1.807, 2.05) is 61.5 Å². The largest absolute Gasteiger partial charge is 0.488 e. The number of aryl methyl sites for hydroxylation is 1. The lowest BCUT2D eigenvalue weighted by molar-refractivity contribution is -0.112. The van der Waals surface area contributed by atoms with Gasteiger partial charge in [-0.2, -0.15) is 5.26 Å². The van der Waals surface area contributed by atoms with Crippen molar-refractivity contribution in [2.75, 3.05) is 5.32 Å². The van der Waals surface area contributed by atoms with Gasteiger partial charge in [-0.15, -0.1) is 0 Å². The lowest BCUT2D eigenvalue weighted by Crippen LogP contribution is -2.13. The van der Waals surface area contributed by atoms with Crippen LogP contribution in [0.2, 0.25) is 5.02 Å². The molecule has 0 bridgehead atoms. The molecular weight excluding hydrogens is 432 g/mol. The monoisotopic (exact) mass is 452 g/mol. The smallest absolute Gasteiger partial charge is 0.266 e. The molecule has 0 saturated heterocycles. The number of fused-ring (bicyclic) bond motifs is 1. The van der Waals surface area contributed by atoms with Crippen molar-refractivity contribution < 1.29 is 9.53 Å². The summed E-state index contributed by atoms with van der Waals surface area (Å²) in [5, 5.41) is 15.2. The van der Waals surface area contributed by atoms with Crippen LogP contribution in [0.4, 0.5) is 5.69 Å². The normalized spacial score (nSPS) is 11.1. The van der Waals surface area contributed by atoms with Crippen LogP contribution in [0.5, 0.6) is 5.75 Å². The Labute approximate surface area is 197 Å². The van der Waals surface area contributed by atoms with E-state index in [2.05, 4.69) is 29.6 Å². The molecule has 1 N–H and O–H groups in total. The maximum absolute atomic E-state index is 12.7. The number of halogens is 1. The molecule has 4 rings (SSSR count). The van der Waals surface area contributed by atoms with Crippen molar-refractivity contribution in [3.05, 3.63) is 112 Å². The summed E-state index contributed by atoms with van der Waals surface area (Å²) in [5.41, 5.74) is 3.07. The van der Waals surface area contributed by atoms with E-state index in [9.17, 15) is 10.1 Å². The number of rotatable bonds is 6. The second-order valence-corrected chi connectivity index (χ2v) is 8.00. The molecule has 0 aliphatic heterocycles. The highest BCUT2D eigenvalue weighted by atomic mass is 35.5. The van der Waals surface area contributed by atoms with E-state index in [0.717, 1.165) is 16.5 Å². The van der Waals surface area contributed by atoms with Crippen LogP contribution in [0.15, 0.2) is 90.5 Å². The van der Waals surface area contributed by atoms with Crippen LogP contribution in [0.1, 0.15) is 16.7 Å². The topological polar surface area (TPSA) is 62.1 Å². The molecule has 4 aromatic rings. The number of benzene rings is 4. The molecule has 0 aliphatic rings. The number of carbonyl (C=O) groups excluding carboxylic acids is 1. The van der Waals surface area contributed by atoms with Gasteiger partial charge in [0.25, 0.3) is 5.91 Å². The highest BCUT2D eigenvalue weighted by Crippen LogP contribution is 2.24. The van der Waals surface area contributed by atoms with Crippen LogP contribution in [-0.2, 0) is 11.4 Å². The number of nitrogens with zero attached hydrogens (tertiary/aromatic N) is 1. The molecule has 5 heteroatoms. The van der Waals surface area contributed by atoms with Gasteiger partial charge in [0, 0.05) is 16.3 Å². The van der Waals surface area contributed by atoms with Crippen LogP contribution in [0.3, 0.4) is 0 Å². The molecule has 0 aromatic heterocycles. The maximum Gasteiger partial charge on any atom is 0.266 e. The summed E-state index contributed by atoms with van der Waals surface area (Å²) in [6.07, 6.45) is 1.53. The van der Waals surface area contributed by atoms with E-state index in [0.29, 0.717) is 28.6 Å². The Hall–Kier alpha value is -4.07. The Morgan fingerprint density at radius 2 is 1.76 bits per heavy atom. The number of para-hydroxylation sites is 1. The average Bonchev–Trinajstić information content (AvgIpc) is 2.84. The van der Waals surface area contributed by atoms with Gasteiger partial charge in [0.2, 0.25) is 0 Å². The summed E-state index contributed by atoms with van der Waals surface area (Å²) in [6, 6.07) is 28.8. The molecule has 33 heavy (non-hydrogen) atoms. The van der Waals surface area contributed by atoms with Gasteiger partial charge >= 0.3 is 0 Å². The average molecular weight is 453 g/mol. The van der Waals surface area contributed by atoms with Crippen molar-refractivity contribution in [1.82, 2.24) is 0 Å². The highest BCUT2D eigenvalue weighted by Gasteiger charge is 2.12. The lowest BCUT2D eigenvalue weighted by atomic mass is 10.1. The molecule has 0 heterocycles. The fourth-order valence-electron chi connectivity index (χ4n) is 3.39. The van der Waals surface area contributed by atoms with E-state index < -0.39 is 5.91 Å². The van der Waals surface area contributed by atoms with Crippen molar-refractivity contribution in [2.45, 2.75) is 13.5 Å². The number of carbonyl (C=O) groups is 1. The first-order valence-corrected chi connectivity index (χ1v) is 10.8. The Bertz CT molecular complexity index is 1400. The van der Waals surface area contributed by atoms with E-state index in [1.165, 1.54) is 11.5 Å². The summed E-state index contributed by atoms with van der Waals surface area (Å²) in [7, 11) is 0. The van der Waals surface area contributed by atoms with Gasteiger partial charge in [0.15, 0.2) is 0 Å². The van der Waals surface area contributed by atoms with Gasteiger partial charge in [0.1, 0.15) is 24.0 Å². The first kappa shape index (κ1) is 22.1. The van der Waals surface area contributed by atoms with Gasteiger partial charge in [-0.1, -0.05) is 72.3 Å². The molecule has 1 amide bonds. The van der Waals surface area contributed by atoms with Gasteiger partial charge in [-0.05, 0) is 59.2 Å². The van der Waals surface area contributed by atoms with Crippen LogP contribution in [0.25, 0.3) is 16.8 Å². The van der Waals surface area contributed by atoms with Crippen LogP contribution in [-0.4, -0.2) is 5.91 Å². The Morgan fingerprint density at radius 1 is 1.00 bits per heavy atom. The molecule has 0 atom stereocenters. The standard InChI is InChI=1S/C28H21ClN2O2/c1-19-10-13-25(16-26(19)29)31-28(32)24(17-30)15-23-8-4-5-9-27(23)33-18-20-11-12-21-6-2-3-7-22(21)14-20/h2-16H,18H2,1H3,(H,31,32)/b24-15-. The maximum atomic E-state index is 12.7. The van der Waals surface area contributed by atoms with Crippen molar-refractivity contribution in [3.63, 3.8) is 0 Å². The fraction of sp³-hybridized carbons (Fsp3) is 0.0714. The second-order valence-electron chi connectivity index (χ2n) is 7.60. The third-order valence-electron chi connectivity index (χ3n) is 5.22. The fourth-order valence-corrected chi connectivity index (χ4v) is 3.57. The third kappa shape index (κ3) is 5.41. The van der Waals surface area contributed by atoms with Crippen LogP contribution >= 0.6 is 11.6 Å². The van der Waals surface area contributed by atoms with Gasteiger partial charge < -0.3 is 10.1 Å². The number of ether oxygens (including phenoxy) is 1. The van der Waals surface area contributed by atoms with Gasteiger partial charge in [-0.3, -0.25) is 4.79 Å². The van der Waals surface area contributed by atoms with E-state index in [-0.39, 0.29) is 5.57 Å². The molecule has 0 aliphatic carbocycles. The number of hydrogen-bond acceptors (Lipinski definition) is 3. The summed E-state index contributed by atoms with van der Waals surface area (Å²) < 4.78 is 6.04. The van der Waals surface area contributed by atoms with Crippen molar-refractivity contribution in [2.24, 2.45) is 0 Å². The Morgan fingerprint density at radius 3 is 2.55 bits per heavy atom. The van der Waals surface area contributed by atoms with E-state index in [4.69, 9.17) is 16.3 Å². The molecule has 4 nitrogen and oxygen atoms in total. The zero-order valence-electron chi connectivity index (χ0n) is 18.0. The minimum Gasteiger partial charge on any atom is -0.488 e. The number of nitrogens with one attached hydrogen (secondary N) is 1. The van der Waals surface area contributed by atoms with E-state index in [1.54, 1.807) is 12.1 Å². The van der Waals surface area contributed by atoms with Crippen LogP contribution < -0.4 is 10.1 Å². The Kier molecular flexibility index (Phi) is 6.73. The number of nitriles is 1. The third-order valence-corrected chi connectivity index (χ3v) is 5.63. The summed E-state index contributed by atoms with van der Waals surface area (Å²) in [6.45, 7) is 2.25. The molecule has 0 spiro atoms. The van der Waals surface area contributed by atoms with Crippen molar-refractivity contribution >= 4 is 40.0 Å². The second kappa shape index (κ2) is 10.0. The molecular formula is C28H21ClN2O2. The van der Waals surface area contributed by atoms with Crippen molar-refractivity contribution in [1.29, 1.82) is 5.26 Å². The predicted molar refractivity (Wildman–Crippen MR) is 133 cm³/mol. The zero-order chi connectivity index (χ0) is 23.2. The minimum absolute atomic E-state index is 0.0338. The lowest BCUT2D eigenvalue weighted by Gasteiger charge is -2.11. The predicted octanol–water partition coefficient (Wildman–Crippen LogP) is 6.93.